The Labute approximate surface area is 90.0 Å². The fourth-order valence-corrected chi connectivity index (χ4v) is 1.72. The molecule has 0 saturated heterocycles. The minimum absolute atomic E-state index is 0.203. The summed E-state index contributed by atoms with van der Waals surface area (Å²) < 4.78 is 5.68. The van der Waals surface area contributed by atoms with Gasteiger partial charge in [-0.15, -0.1) is 0 Å². The molecule has 1 aliphatic rings. The fraction of sp³-hybridized carbons (Fsp3) is 0.417. The molecule has 1 unspecified atom stereocenters. The zero-order valence-electron chi connectivity index (χ0n) is 8.73. The van der Waals surface area contributed by atoms with Crippen LogP contribution in [0.5, 0.6) is 0 Å². The number of nitrogens with zero attached hydrogens (tertiary/aromatic N) is 1. The molecule has 0 bridgehead atoms. The Morgan fingerprint density at radius 1 is 1.33 bits per heavy atom. The van der Waals surface area contributed by atoms with Crippen LogP contribution in [-0.4, -0.2) is 25.1 Å². The third kappa shape index (κ3) is 2.80. The predicted molar refractivity (Wildman–Crippen MR) is 61.0 cm³/mol. The van der Waals surface area contributed by atoms with Gasteiger partial charge in [0.25, 0.3) is 0 Å². The largest absolute Gasteiger partial charge is 0.475 e. The number of rotatable bonds is 4. The normalized spacial score (nSPS) is 19.8. The molecular formula is C12H16N2O. The second kappa shape index (κ2) is 4.94. The van der Waals surface area contributed by atoms with Crippen LogP contribution in [0.25, 0.3) is 0 Å². The first kappa shape index (κ1) is 10.2. The van der Waals surface area contributed by atoms with Crippen LogP contribution in [0.1, 0.15) is 12.0 Å². The predicted octanol–water partition coefficient (Wildman–Crippen LogP) is 1.38. The van der Waals surface area contributed by atoms with Crippen LogP contribution in [0.2, 0.25) is 0 Å². The lowest BCUT2D eigenvalue weighted by Crippen LogP contribution is -2.17. The summed E-state index contributed by atoms with van der Waals surface area (Å²) in [4.78, 5) is 4.32. The van der Waals surface area contributed by atoms with Gasteiger partial charge in [0, 0.05) is 19.4 Å². The quantitative estimate of drug-likeness (QED) is 0.805. The summed E-state index contributed by atoms with van der Waals surface area (Å²) in [6.45, 7) is 1.38. The molecule has 0 fully saturated rings. The molecule has 0 radical (unpaired) electrons. The van der Waals surface area contributed by atoms with Crippen molar-refractivity contribution in [1.29, 1.82) is 0 Å². The maximum absolute atomic E-state index is 5.68. The van der Waals surface area contributed by atoms with Crippen molar-refractivity contribution in [2.24, 2.45) is 10.7 Å². The zero-order chi connectivity index (χ0) is 10.5. The Kier molecular flexibility index (Phi) is 3.35. The smallest absolute Gasteiger partial charge is 0.185 e. The highest BCUT2D eigenvalue weighted by atomic mass is 16.5. The first-order chi connectivity index (χ1) is 7.38. The molecular weight excluding hydrogens is 188 g/mol. The molecule has 0 spiro atoms. The average Bonchev–Trinajstić information content (AvgIpc) is 2.68. The Morgan fingerprint density at radius 2 is 2.13 bits per heavy atom. The standard InChI is InChI=1S/C12H16N2O/c13-7-6-12-14-9-11(15-12)8-10-4-2-1-3-5-10/h1-5,11H,6-9,13H2. The summed E-state index contributed by atoms with van der Waals surface area (Å²) in [6, 6.07) is 10.3. The molecule has 3 nitrogen and oxygen atoms in total. The summed E-state index contributed by atoms with van der Waals surface area (Å²) in [5.41, 5.74) is 6.74. The SMILES string of the molecule is NCCC1=NCC(Cc2ccccc2)O1. The number of ether oxygens (including phenoxy) is 1. The molecule has 0 saturated carbocycles. The summed E-state index contributed by atoms with van der Waals surface area (Å²) in [6.07, 6.45) is 1.89. The number of nitrogens with two attached hydrogens (primary N) is 1. The van der Waals surface area contributed by atoms with Crippen molar-refractivity contribution in [2.45, 2.75) is 18.9 Å². The van der Waals surface area contributed by atoms with Gasteiger partial charge in [0.05, 0.1) is 6.54 Å². The maximum Gasteiger partial charge on any atom is 0.185 e. The van der Waals surface area contributed by atoms with E-state index in [-0.39, 0.29) is 6.10 Å². The first-order valence-electron chi connectivity index (χ1n) is 5.32. The third-order valence-electron chi connectivity index (χ3n) is 2.44. The van der Waals surface area contributed by atoms with Crippen molar-refractivity contribution in [1.82, 2.24) is 0 Å². The maximum atomic E-state index is 5.68. The van der Waals surface area contributed by atoms with Crippen molar-refractivity contribution < 1.29 is 4.74 Å². The van der Waals surface area contributed by atoms with Crippen molar-refractivity contribution in [3.05, 3.63) is 35.9 Å². The second-order valence-electron chi connectivity index (χ2n) is 3.70. The summed E-state index contributed by atoms with van der Waals surface area (Å²) >= 11 is 0. The number of hydrogen-bond acceptors (Lipinski definition) is 3. The molecule has 1 aromatic carbocycles. The lowest BCUT2D eigenvalue weighted by atomic mass is 10.1. The number of benzene rings is 1. The molecule has 3 heteroatoms. The molecule has 0 amide bonds. The molecule has 2 N–H and O–H groups in total. The molecule has 1 aromatic rings. The van der Waals surface area contributed by atoms with Gasteiger partial charge in [-0.3, -0.25) is 4.99 Å². The van der Waals surface area contributed by atoms with Gasteiger partial charge in [0.15, 0.2) is 5.90 Å². The van der Waals surface area contributed by atoms with Crippen LogP contribution in [0, 0.1) is 0 Å². The Hall–Kier alpha value is -1.35. The first-order valence-corrected chi connectivity index (χ1v) is 5.32. The van der Waals surface area contributed by atoms with E-state index >= 15 is 0 Å². The fourth-order valence-electron chi connectivity index (χ4n) is 1.72. The van der Waals surface area contributed by atoms with E-state index < -0.39 is 0 Å². The molecule has 15 heavy (non-hydrogen) atoms. The van der Waals surface area contributed by atoms with Gasteiger partial charge in [-0.2, -0.15) is 0 Å². The highest BCUT2D eigenvalue weighted by molar-refractivity contribution is 5.77. The highest BCUT2D eigenvalue weighted by Gasteiger charge is 2.18. The second-order valence-corrected chi connectivity index (χ2v) is 3.70. The Balaban J connectivity index is 1.84. The van der Waals surface area contributed by atoms with E-state index in [1.807, 2.05) is 18.2 Å². The third-order valence-corrected chi connectivity index (χ3v) is 2.44. The molecule has 0 aromatic heterocycles. The minimum Gasteiger partial charge on any atom is -0.475 e. The number of hydrogen-bond donors (Lipinski definition) is 1. The van der Waals surface area contributed by atoms with Gasteiger partial charge in [-0.05, 0) is 5.56 Å². The highest BCUT2D eigenvalue weighted by Crippen LogP contribution is 2.12. The Morgan fingerprint density at radius 3 is 2.87 bits per heavy atom. The van der Waals surface area contributed by atoms with Crippen LogP contribution in [0.15, 0.2) is 35.3 Å². The van der Waals surface area contributed by atoms with E-state index in [0.717, 1.165) is 25.3 Å². The van der Waals surface area contributed by atoms with Crippen LogP contribution in [0.3, 0.4) is 0 Å². The van der Waals surface area contributed by atoms with Gasteiger partial charge < -0.3 is 10.5 Å². The van der Waals surface area contributed by atoms with E-state index in [1.54, 1.807) is 0 Å². The van der Waals surface area contributed by atoms with Crippen molar-refractivity contribution in [3.63, 3.8) is 0 Å². The van der Waals surface area contributed by atoms with E-state index in [2.05, 4.69) is 17.1 Å². The van der Waals surface area contributed by atoms with Gasteiger partial charge >= 0.3 is 0 Å². The van der Waals surface area contributed by atoms with Crippen LogP contribution in [-0.2, 0) is 11.2 Å². The average molecular weight is 204 g/mol. The van der Waals surface area contributed by atoms with Crippen molar-refractivity contribution in [3.8, 4) is 0 Å². The lowest BCUT2D eigenvalue weighted by Gasteiger charge is -2.10. The van der Waals surface area contributed by atoms with E-state index in [1.165, 1.54) is 5.56 Å². The summed E-state index contributed by atoms with van der Waals surface area (Å²) in [5.74, 6) is 0.818. The lowest BCUT2D eigenvalue weighted by molar-refractivity contribution is 0.219. The summed E-state index contributed by atoms with van der Waals surface area (Å²) in [7, 11) is 0. The Bertz CT molecular complexity index is 335. The van der Waals surface area contributed by atoms with Crippen molar-refractivity contribution in [2.75, 3.05) is 13.1 Å². The van der Waals surface area contributed by atoms with E-state index in [0.29, 0.717) is 6.54 Å². The number of aliphatic imine (C=N–C) groups is 1. The van der Waals surface area contributed by atoms with Gasteiger partial charge in [0.2, 0.25) is 0 Å². The molecule has 1 atom stereocenters. The van der Waals surface area contributed by atoms with Crippen LogP contribution < -0.4 is 5.73 Å². The minimum atomic E-state index is 0.203. The molecule has 1 heterocycles. The van der Waals surface area contributed by atoms with Crippen molar-refractivity contribution >= 4 is 5.90 Å². The topological polar surface area (TPSA) is 47.6 Å². The molecule has 2 rings (SSSR count). The molecule has 80 valence electrons. The molecule has 1 aliphatic heterocycles. The van der Waals surface area contributed by atoms with Gasteiger partial charge in [0.1, 0.15) is 6.10 Å². The van der Waals surface area contributed by atoms with Crippen LogP contribution >= 0.6 is 0 Å². The monoisotopic (exact) mass is 204 g/mol. The molecule has 0 aliphatic carbocycles. The zero-order valence-corrected chi connectivity index (χ0v) is 8.73. The summed E-state index contributed by atoms with van der Waals surface area (Å²) in [5, 5.41) is 0. The van der Waals surface area contributed by atoms with Crippen LogP contribution in [0.4, 0.5) is 0 Å². The van der Waals surface area contributed by atoms with E-state index in [9.17, 15) is 0 Å². The van der Waals surface area contributed by atoms with Gasteiger partial charge in [-0.1, -0.05) is 30.3 Å². The van der Waals surface area contributed by atoms with E-state index in [4.69, 9.17) is 10.5 Å². The van der Waals surface area contributed by atoms with Gasteiger partial charge in [-0.25, -0.2) is 0 Å².